The van der Waals surface area contributed by atoms with Crippen LogP contribution < -0.4 is 11.1 Å². The number of aromatic hydroxyl groups is 1. The second-order valence-electron chi connectivity index (χ2n) is 11.3. The zero-order valence-corrected chi connectivity index (χ0v) is 26.0. The third kappa shape index (κ3) is 6.09. The highest BCUT2D eigenvalue weighted by molar-refractivity contribution is 6.42. The second kappa shape index (κ2) is 12.5. The van der Waals surface area contributed by atoms with Gasteiger partial charge in [-0.2, -0.15) is 5.01 Å². The molecule has 0 bridgehead atoms. The molecule has 0 aliphatic carbocycles. The van der Waals surface area contributed by atoms with Crippen LogP contribution in [0.4, 0.5) is 10.5 Å². The maximum absolute atomic E-state index is 14.2. The summed E-state index contributed by atoms with van der Waals surface area (Å²) < 4.78 is 0. The minimum atomic E-state index is -0.840. The van der Waals surface area contributed by atoms with E-state index >= 15 is 0 Å². The van der Waals surface area contributed by atoms with Crippen molar-refractivity contribution in [2.24, 2.45) is 0 Å². The Morgan fingerprint density at radius 3 is 2.53 bits per heavy atom. The van der Waals surface area contributed by atoms with Gasteiger partial charge in [0.1, 0.15) is 18.0 Å². The Bertz CT molecular complexity index is 1800. The molecular weight excluding hydrogens is 615 g/mol. The number of hydrazine groups is 1. The quantitative estimate of drug-likeness (QED) is 0.199. The molecule has 2 aliphatic heterocycles. The zero-order valence-electron chi connectivity index (χ0n) is 24.5. The number of fused-ring (bicyclic) bond motifs is 2. The first-order valence-corrected chi connectivity index (χ1v) is 15.2. The van der Waals surface area contributed by atoms with E-state index in [0.717, 1.165) is 21.9 Å². The number of anilines is 1. The predicted octanol–water partition coefficient (Wildman–Crippen LogP) is 4.61. The summed E-state index contributed by atoms with van der Waals surface area (Å²) in [6.07, 6.45) is -0.399. The summed E-state index contributed by atoms with van der Waals surface area (Å²) in [5.74, 6) is -0.520. The first-order chi connectivity index (χ1) is 21.6. The number of phenols is 1. The van der Waals surface area contributed by atoms with Crippen molar-refractivity contribution in [2.45, 2.75) is 31.7 Å². The van der Waals surface area contributed by atoms with Crippen molar-refractivity contribution in [3.05, 3.63) is 106 Å². The highest BCUT2D eigenvalue weighted by Gasteiger charge is 2.51. The minimum absolute atomic E-state index is 0.0545. The molecule has 4 aromatic carbocycles. The summed E-state index contributed by atoms with van der Waals surface area (Å²) >= 11 is 12.2. The highest BCUT2D eigenvalue weighted by Crippen LogP contribution is 2.32. The van der Waals surface area contributed by atoms with E-state index in [1.807, 2.05) is 42.5 Å². The van der Waals surface area contributed by atoms with Gasteiger partial charge in [0.2, 0.25) is 11.8 Å². The number of rotatable bonds is 7. The molecule has 2 heterocycles. The van der Waals surface area contributed by atoms with Crippen molar-refractivity contribution >= 4 is 57.5 Å². The molecule has 0 unspecified atom stereocenters. The molecule has 0 radical (unpaired) electrons. The summed E-state index contributed by atoms with van der Waals surface area (Å²) in [5, 5.41) is 18.8. The van der Waals surface area contributed by atoms with Gasteiger partial charge in [-0.25, -0.2) is 4.79 Å². The number of nitrogens with zero attached hydrogens (tertiary/aromatic N) is 4. The van der Waals surface area contributed by atoms with Crippen LogP contribution in [-0.2, 0) is 29.1 Å². The van der Waals surface area contributed by atoms with Crippen molar-refractivity contribution in [1.29, 1.82) is 0 Å². The number of benzene rings is 4. The molecule has 2 fully saturated rings. The lowest BCUT2D eigenvalue weighted by atomic mass is 9.98. The lowest BCUT2D eigenvalue weighted by Gasteiger charge is -2.46. The van der Waals surface area contributed by atoms with Crippen molar-refractivity contribution in [2.75, 3.05) is 25.9 Å². The molecule has 4 N–H and O–H groups in total. The van der Waals surface area contributed by atoms with Crippen LogP contribution in [-0.4, -0.2) is 75.1 Å². The number of hydrogen-bond acceptors (Lipinski definition) is 6. The van der Waals surface area contributed by atoms with Crippen LogP contribution in [0.25, 0.3) is 10.8 Å². The van der Waals surface area contributed by atoms with Crippen LogP contribution >= 0.6 is 23.2 Å². The van der Waals surface area contributed by atoms with Gasteiger partial charge >= 0.3 is 6.03 Å². The molecule has 4 aromatic rings. The average Bonchev–Trinajstić information content (AvgIpc) is 3.36. The van der Waals surface area contributed by atoms with Crippen molar-refractivity contribution in [3.63, 3.8) is 0 Å². The van der Waals surface area contributed by atoms with E-state index in [2.05, 4.69) is 5.32 Å². The lowest BCUT2D eigenvalue weighted by Crippen LogP contribution is -2.65. The monoisotopic (exact) mass is 646 g/mol. The van der Waals surface area contributed by atoms with Crippen molar-refractivity contribution in [1.82, 2.24) is 25.1 Å². The SMILES string of the molecule is CN(C(=O)NCc1ccc(Cl)c(Cl)c1)N1CC(=O)N2[C@@H](Cc3ccc(O)c(N)c3)C(=O)N(Cc3cccc4ccccc34)C[C@@H]21. The topological polar surface area (TPSA) is 122 Å². The number of carbonyl (C=O) groups is 3. The molecular formula is C33H32Cl2N6O4. The molecule has 0 saturated carbocycles. The fraction of sp³-hybridized carbons (Fsp3) is 0.242. The number of piperazine rings is 1. The summed E-state index contributed by atoms with van der Waals surface area (Å²) in [6.45, 7) is 0.651. The van der Waals surface area contributed by atoms with Gasteiger partial charge < -0.3 is 26.0 Å². The van der Waals surface area contributed by atoms with Crippen molar-refractivity contribution in [3.8, 4) is 5.75 Å². The van der Waals surface area contributed by atoms with Gasteiger partial charge in [0.25, 0.3) is 0 Å². The number of phenolic OH excluding ortho intramolecular Hbond substituents is 1. The van der Waals surface area contributed by atoms with E-state index in [0.29, 0.717) is 22.2 Å². The number of nitrogens with two attached hydrogens (primary N) is 1. The second-order valence-corrected chi connectivity index (χ2v) is 12.1. The maximum atomic E-state index is 14.2. The van der Waals surface area contributed by atoms with Gasteiger partial charge in [0, 0.05) is 26.6 Å². The largest absolute Gasteiger partial charge is 0.506 e. The molecule has 45 heavy (non-hydrogen) atoms. The van der Waals surface area contributed by atoms with Crippen LogP contribution in [0.1, 0.15) is 16.7 Å². The first-order valence-electron chi connectivity index (χ1n) is 14.5. The zero-order chi connectivity index (χ0) is 31.8. The minimum Gasteiger partial charge on any atom is -0.506 e. The molecule has 0 spiro atoms. The summed E-state index contributed by atoms with van der Waals surface area (Å²) in [6, 6.07) is 22.6. The molecule has 4 amide bonds. The van der Waals surface area contributed by atoms with Gasteiger partial charge in [0.05, 0.1) is 28.8 Å². The Hall–Kier alpha value is -4.51. The molecule has 232 valence electrons. The van der Waals surface area contributed by atoms with E-state index < -0.39 is 18.2 Å². The van der Waals surface area contributed by atoms with Gasteiger partial charge in [-0.3, -0.25) is 14.6 Å². The Morgan fingerprint density at radius 1 is 1.00 bits per heavy atom. The average molecular weight is 648 g/mol. The van der Waals surface area contributed by atoms with E-state index in [-0.39, 0.29) is 49.3 Å². The summed E-state index contributed by atoms with van der Waals surface area (Å²) in [4.78, 5) is 44.4. The Labute approximate surface area is 270 Å². The summed E-state index contributed by atoms with van der Waals surface area (Å²) in [7, 11) is 1.60. The summed E-state index contributed by atoms with van der Waals surface area (Å²) in [5.41, 5.74) is 8.59. The Kier molecular flexibility index (Phi) is 8.46. The van der Waals surface area contributed by atoms with E-state index in [1.165, 1.54) is 11.1 Å². The molecule has 10 nitrogen and oxygen atoms in total. The van der Waals surface area contributed by atoms with Gasteiger partial charge in [-0.1, -0.05) is 77.8 Å². The molecule has 2 atom stereocenters. The van der Waals surface area contributed by atoms with Crippen LogP contribution in [0.3, 0.4) is 0 Å². The van der Waals surface area contributed by atoms with Crippen LogP contribution in [0.15, 0.2) is 78.9 Å². The molecule has 2 aliphatic rings. The van der Waals surface area contributed by atoms with Gasteiger partial charge in [-0.15, -0.1) is 0 Å². The fourth-order valence-electron chi connectivity index (χ4n) is 6.10. The maximum Gasteiger partial charge on any atom is 0.332 e. The standard InChI is InChI=1S/C33H32Cl2N6O4/c1-38(33(45)37-16-21-9-11-25(34)26(35)13-21)40-19-31(43)41-28(15-20-10-12-29(42)27(36)14-20)32(44)39(18-30(40)41)17-23-7-4-6-22-5-2-3-8-24(22)23/h2-14,28,30,42H,15-19,36H2,1H3,(H,37,45)/t28-,30+/m0/s1. The van der Waals surface area contributed by atoms with Gasteiger partial charge in [-0.05, 0) is 51.7 Å². The van der Waals surface area contributed by atoms with E-state index in [9.17, 15) is 19.5 Å². The number of carbonyl (C=O) groups excluding carboxylic acids is 3. The highest BCUT2D eigenvalue weighted by atomic mass is 35.5. The third-order valence-electron chi connectivity index (χ3n) is 8.44. The number of urea groups is 1. The Morgan fingerprint density at radius 2 is 1.76 bits per heavy atom. The van der Waals surface area contributed by atoms with E-state index in [4.69, 9.17) is 28.9 Å². The number of nitrogen functional groups attached to an aromatic ring is 1. The van der Waals surface area contributed by atoms with Crippen LogP contribution in [0, 0.1) is 0 Å². The molecule has 6 rings (SSSR count). The third-order valence-corrected chi connectivity index (χ3v) is 9.17. The fourth-order valence-corrected chi connectivity index (χ4v) is 6.42. The molecule has 0 aromatic heterocycles. The first kappa shape index (κ1) is 30.5. The van der Waals surface area contributed by atoms with Crippen LogP contribution in [0.5, 0.6) is 5.75 Å². The molecule has 12 heteroatoms. The number of nitrogens with one attached hydrogen (secondary N) is 1. The predicted molar refractivity (Wildman–Crippen MR) is 173 cm³/mol. The smallest absolute Gasteiger partial charge is 0.332 e. The Balaban J connectivity index is 1.28. The van der Waals surface area contributed by atoms with Crippen LogP contribution in [0.2, 0.25) is 10.0 Å². The normalized spacial score (nSPS) is 18.4. The number of halogens is 2. The number of hydrogen-bond donors (Lipinski definition) is 3. The van der Waals surface area contributed by atoms with Gasteiger partial charge in [0.15, 0.2) is 0 Å². The molecule has 2 saturated heterocycles. The van der Waals surface area contributed by atoms with Crippen molar-refractivity contribution < 1.29 is 19.5 Å². The van der Waals surface area contributed by atoms with E-state index in [1.54, 1.807) is 52.2 Å². The number of amides is 4. The lowest BCUT2D eigenvalue weighted by molar-refractivity contribution is -0.157.